The molecular formula is C17H34N2S. The van der Waals surface area contributed by atoms with Gasteiger partial charge in [-0.3, -0.25) is 4.90 Å². The second kappa shape index (κ2) is 6.18. The van der Waals surface area contributed by atoms with Crippen LogP contribution in [0.4, 0.5) is 0 Å². The van der Waals surface area contributed by atoms with E-state index in [1.54, 1.807) is 0 Å². The highest BCUT2D eigenvalue weighted by molar-refractivity contribution is 8.00. The van der Waals surface area contributed by atoms with Crippen molar-refractivity contribution in [1.29, 1.82) is 0 Å². The molecule has 20 heavy (non-hydrogen) atoms. The largest absolute Gasteiger partial charge is 0.311 e. The Labute approximate surface area is 130 Å². The van der Waals surface area contributed by atoms with Crippen LogP contribution in [0.15, 0.2) is 0 Å². The van der Waals surface area contributed by atoms with Crippen LogP contribution >= 0.6 is 11.8 Å². The number of thioether (sulfide) groups is 1. The van der Waals surface area contributed by atoms with E-state index in [9.17, 15) is 0 Å². The molecule has 2 unspecified atom stereocenters. The predicted octanol–water partition coefficient (Wildman–Crippen LogP) is 3.62. The summed E-state index contributed by atoms with van der Waals surface area (Å²) < 4.78 is 0.562. The van der Waals surface area contributed by atoms with Gasteiger partial charge in [0.2, 0.25) is 0 Å². The molecule has 1 heterocycles. The van der Waals surface area contributed by atoms with Crippen molar-refractivity contribution in [3.05, 3.63) is 0 Å². The van der Waals surface area contributed by atoms with Crippen LogP contribution in [-0.4, -0.2) is 47.6 Å². The fourth-order valence-electron chi connectivity index (χ4n) is 3.61. The first kappa shape index (κ1) is 16.6. The van der Waals surface area contributed by atoms with Crippen molar-refractivity contribution >= 4 is 11.8 Å². The van der Waals surface area contributed by atoms with Gasteiger partial charge in [-0.1, -0.05) is 41.0 Å². The monoisotopic (exact) mass is 298 g/mol. The van der Waals surface area contributed by atoms with Gasteiger partial charge in [0.1, 0.15) is 0 Å². The van der Waals surface area contributed by atoms with Gasteiger partial charge in [-0.2, -0.15) is 11.8 Å². The molecule has 1 N–H and O–H groups in total. The lowest BCUT2D eigenvalue weighted by molar-refractivity contribution is 0.0465. The summed E-state index contributed by atoms with van der Waals surface area (Å²) in [6.07, 6.45) is 6.58. The second-order valence-corrected chi connectivity index (χ2v) is 9.58. The predicted molar refractivity (Wildman–Crippen MR) is 91.5 cm³/mol. The van der Waals surface area contributed by atoms with E-state index in [2.05, 4.69) is 62.9 Å². The van der Waals surface area contributed by atoms with Crippen LogP contribution < -0.4 is 5.32 Å². The van der Waals surface area contributed by atoms with E-state index in [-0.39, 0.29) is 0 Å². The van der Waals surface area contributed by atoms with Crippen LogP contribution in [0, 0.1) is 11.3 Å². The molecular weight excluding hydrogens is 264 g/mol. The molecule has 2 rings (SSSR count). The van der Waals surface area contributed by atoms with E-state index in [1.165, 1.54) is 32.4 Å². The van der Waals surface area contributed by atoms with Gasteiger partial charge in [-0.25, -0.2) is 0 Å². The molecule has 0 aromatic rings. The van der Waals surface area contributed by atoms with Gasteiger partial charge >= 0.3 is 0 Å². The fraction of sp³-hybridized carbons (Fsp3) is 1.00. The van der Waals surface area contributed by atoms with Gasteiger partial charge in [-0.05, 0) is 30.4 Å². The third-order valence-corrected chi connectivity index (χ3v) is 6.87. The molecule has 118 valence electrons. The summed E-state index contributed by atoms with van der Waals surface area (Å²) in [5, 5.41) is 3.81. The highest BCUT2D eigenvalue weighted by atomic mass is 32.2. The van der Waals surface area contributed by atoms with Crippen LogP contribution in [0.25, 0.3) is 0 Å². The Morgan fingerprint density at radius 2 is 1.95 bits per heavy atom. The molecule has 1 saturated carbocycles. The quantitative estimate of drug-likeness (QED) is 0.853. The molecule has 2 fully saturated rings. The molecule has 0 aromatic heterocycles. The second-order valence-electron chi connectivity index (χ2n) is 8.31. The highest BCUT2D eigenvalue weighted by Crippen LogP contribution is 2.44. The maximum Gasteiger partial charge on any atom is 0.0284 e. The SMILES string of the molecule is CSC1(CN2CC(C(C)(C)C)NCC2C(C)C)CCC1. The Morgan fingerprint density at radius 1 is 1.30 bits per heavy atom. The van der Waals surface area contributed by atoms with Crippen molar-refractivity contribution in [2.45, 2.75) is 70.7 Å². The van der Waals surface area contributed by atoms with Crippen LogP contribution in [0.3, 0.4) is 0 Å². The summed E-state index contributed by atoms with van der Waals surface area (Å²) >= 11 is 2.11. The smallest absolute Gasteiger partial charge is 0.0284 e. The Balaban J connectivity index is 2.07. The van der Waals surface area contributed by atoms with Gasteiger partial charge in [0, 0.05) is 36.5 Å². The van der Waals surface area contributed by atoms with Crippen molar-refractivity contribution in [2.75, 3.05) is 25.9 Å². The van der Waals surface area contributed by atoms with E-state index >= 15 is 0 Å². The molecule has 0 aromatic carbocycles. The van der Waals surface area contributed by atoms with Crippen molar-refractivity contribution in [3.63, 3.8) is 0 Å². The average Bonchev–Trinajstić information content (AvgIpc) is 2.32. The first-order valence-electron chi connectivity index (χ1n) is 8.30. The number of nitrogens with one attached hydrogen (secondary N) is 1. The van der Waals surface area contributed by atoms with E-state index in [0.29, 0.717) is 22.2 Å². The maximum absolute atomic E-state index is 3.81. The summed E-state index contributed by atoms with van der Waals surface area (Å²) in [4.78, 5) is 2.81. The summed E-state index contributed by atoms with van der Waals surface area (Å²) in [5.41, 5.74) is 0.354. The molecule has 3 heteroatoms. The van der Waals surface area contributed by atoms with Crippen molar-refractivity contribution in [1.82, 2.24) is 10.2 Å². The molecule has 0 amide bonds. The zero-order chi connectivity index (χ0) is 15.0. The highest BCUT2D eigenvalue weighted by Gasteiger charge is 2.42. The van der Waals surface area contributed by atoms with E-state index in [0.717, 1.165) is 12.5 Å². The zero-order valence-electron chi connectivity index (χ0n) is 14.3. The maximum atomic E-state index is 3.81. The van der Waals surface area contributed by atoms with Gasteiger partial charge < -0.3 is 5.32 Å². The minimum absolute atomic E-state index is 0.354. The molecule has 2 atom stereocenters. The number of piperazine rings is 1. The molecule has 0 bridgehead atoms. The lowest BCUT2D eigenvalue weighted by atomic mass is 9.80. The topological polar surface area (TPSA) is 15.3 Å². The summed E-state index contributed by atoms with van der Waals surface area (Å²) in [7, 11) is 0. The molecule has 0 radical (unpaired) electrons. The minimum Gasteiger partial charge on any atom is -0.311 e. The van der Waals surface area contributed by atoms with Gasteiger partial charge in [0.05, 0.1) is 0 Å². The fourth-order valence-corrected chi connectivity index (χ4v) is 4.61. The lowest BCUT2D eigenvalue weighted by Crippen LogP contribution is -2.64. The minimum atomic E-state index is 0.354. The number of hydrogen-bond donors (Lipinski definition) is 1. The van der Waals surface area contributed by atoms with Crippen LogP contribution in [0.1, 0.15) is 53.9 Å². The summed E-state index contributed by atoms with van der Waals surface area (Å²) in [6.45, 7) is 15.5. The van der Waals surface area contributed by atoms with E-state index in [1.807, 2.05) is 0 Å². The van der Waals surface area contributed by atoms with Gasteiger partial charge in [0.25, 0.3) is 0 Å². The Hall–Kier alpha value is 0.270. The van der Waals surface area contributed by atoms with Crippen molar-refractivity contribution in [2.24, 2.45) is 11.3 Å². The molecule has 1 aliphatic heterocycles. The zero-order valence-corrected chi connectivity index (χ0v) is 15.1. The van der Waals surface area contributed by atoms with E-state index < -0.39 is 0 Å². The number of rotatable bonds is 4. The lowest BCUT2D eigenvalue weighted by Gasteiger charge is -2.51. The number of hydrogen-bond acceptors (Lipinski definition) is 3. The van der Waals surface area contributed by atoms with Crippen molar-refractivity contribution < 1.29 is 0 Å². The third-order valence-electron chi connectivity index (χ3n) is 5.46. The molecule has 1 saturated heterocycles. The Kier molecular flexibility index (Phi) is 5.14. The average molecular weight is 299 g/mol. The molecule has 2 nitrogen and oxygen atoms in total. The summed E-state index contributed by atoms with van der Waals surface area (Å²) in [6, 6.07) is 1.33. The Bertz CT molecular complexity index is 312. The number of nitrogens with zero attached hydrogens (tertiary/aromatic N) is 1. The van der Waals surface area contributed by atoms with Gasteiger partial charge in [0.15, 0.2) is 0 Å². The van der Waals surface area contributed by atoms with Crippen LogP contribution in [0.5, 0.6) is 0 Å². The normalized spacial score (nSPS) is 31.4. The first-order valence-corrected chi connectivity index (χ1v) is 9.52. The summed E-state index contributed by atoms with van der Waals surface area (Å²) in [5.74, 6) is 0.738. The Morgan fingerprint density at radius 3 is 2.35 bits per heavy atom. The van der Waals surface area contributed by atoms with Crippen molar-refractivity contribution in [3.8, 4) is 0 Å². The van der Waals surface area contributed by atoms with Crippen LogP contribution in [0.2, 0.25) is 0 Å². The van der Waals surface area contributed by atoms with Gasteiger partial charge in [-0.15, -0.1) is 0 Å². The third kappa shape index (κ3) is 3.53. The van der Waals surface area contributed by atoms with E-state index in [4.69, 9.17) is 0 Å². The first-order chi connectivity index (χ1) is 9.27. The molecule has 0 spiro atoms. The molecule has 1 aliphatic carbocycles. The molecule has 2 aliphatic rings. The van der Waals surface area contributed by atoms with Crippen LogP contribution in [-0.2, 0) is 0 Å². The standard InChI is InChI=1S/C17H34N2S/c1-13(2)14-10-18-15(16(3,4)5)11-19(14)12-17(20-6)8-7-9-17/h13-15,18H,7-12H2,1-6H3.